The number of carbonyl (C=O) groups excluding carboxylic acids is 1. The summed E-state index contributed by atoms with van der Waals surface area (Å²) >= 11 is 4.55. The van der Waals surface area contributed by atoms with Gasteiger partial charge in [0, 0.05) is 5.56 Å². The van der Waals surface area contributed by atoms with Gasteiger partial charge in [0.25, 0.3) is 5.91 Å². The molecule has 72 valence electrons. The predicted octanol–water partition coefficient (Wildman–Crippen LogP) is 1.30. The Labute approximate surface area is 87.6 Å². The largest absolute Gasteiger partial charge is 0.376 e. The second-order valence-electron chi connectivity index (χ2n) is 2.64. The first kappa shape index (κ1) is 10.4. The second kappa shape index (κ2) is 4.53. The van der Waals surface area contributed by atoms with Gasteiger partial charge in [-0.05, 0) is 29.9 Å². The van der Waals surface area contributed by atoms with Crippen LogP contribution in [0.5, 0.6) is 0 Å². The van der Waals surface area contributed by atoms with E-state index in [0.717, 1.165) is 5.56 Å². The molecule has 14 heavy (non-hydrogen) atoms. The van der Waals surface area contributed by atoms with Gasteiger partial charge < -0.3 is 5.73 Å². The summed E-state index contributed by atoms with van der Waals surface area (Å²) < 4.78 is 0. The van der Waals surface area contributed by atoms with Crippen LogP contribution in [-0.2, 0) is 0 Å². The normalized spacial score (nSPS) is 9.14. The lowest BCUT2D eigenvalue weighted by molar-refractivity contribution is 0.0977. The van der Waals surface area contributed by atoms with Gasteiger partial charge in [0.1, 0.15) is 0 Å². The summed E-state index contributed by atoms with van der Waals surface area (Å²) in [4.78, 5) is 11.4. The lowest BCUT2D eigenvalue weighted by Gasteiger charge is -2.02. The van der Waals surface area contributed by atoms with Crippen molar-refractivity contribution in [3.8, 4) is 0 Å². The molecule has 0 aliphatic rings. The Bertz CT molecular complexity index is 370. The Morgan fingerprint density at radius 2 is 2.00 bits per heavy atom. The molecule has 0 aliphatic carbocycles. The molecule has 0 fully saturated rings. The van der Waals surface area contributed by atoms with Crippen LogP contribution in [0.25, 0.3) is 6.08 Å². The number of hydrogen-bond acceptors (Lipinski definition) is 2. The lowest BCUT2D eigenvalue weighted by atomic mass is 10.1. The summed E-state index contributed by atoms with van der Waals surface area (Å²) in [7, 11) is 0. The Balaban J connectivity index is 2.81. The maximum absolute atomic E-state index is 11.4. The molecule has 0 unspecified atom stereocenters. The molecule has 0 saturated heterocycles. The van der Waals surface area contributed by atoms with E-state index < -0.39 is 0 Å². The smallest absolute Gasteiger partial charge is 0.257 e. The van der Waals surface area contributed by atoms with E-state index in [-0.39, 0.29) is 11.0 Å². The molecular formula is C10H10N2OS. The van der Waals surface area contributed by atoms with Gasteiger partial charge in [-0.25, -0.2) is 0 Å². The Kier molecular flexibility index (Phi) is 3.36. The summed E-state index contributed by atoms with van der Waals surface area (Å²) in [6.45, 7) is 3.61. The van der Waals surface area contributed by atoms with Crippen LogP contribution in [0.15, 0.2) is 30.8 Å². The minimum Gasteiger partial charge on any atom is -0.376 e. The number of benzene rings is 1. The molecule has 4 heteroatoms. The van der Waals surface area contributed by atoms with Crippen LogP contribution < -0.4 is 11.1 Å². The Morgan fingerprint density at radius 3 is 2.43 bits per heavy atom. The van der Waals surface area contributed by atoms with Gasteiger partial charge in [-0.2, -0.15) is 0 Å². The Hall–Kier alpha value is -1.68. The van der Waals surface area contributed by atoms with Gasteiger partial charge in [-0.3, -0.25) is 10.1 Å². The maximum atomic E-state index is 11.4. The molecule has 3 nitrogen and oxygen atoms in total. The van der Waals surface area contributed by atoms with E-state index in [1.165, 1.54) is 0 Å². The molecular weight excluding hydrogens is 196 g/mol. The molecule has 0 radical (unpaired) electrons. The van der Waals surface area contributed by atoms with Crippen LogP contribution in [0.4, 0.5) is 0 Å². The summed E-state index contributed by atoms with van der Waals surface area (Å²) in [5.41, 5.74) is 6.64. The van der Waals surface area contributed by atoms with Crippen molar-refractivity contribution in [2.24, 2.45) is 5.73 Å². The zero-order chi connectivity index (χ0) is 10.6. The number of amides is 1. The van der Waals surface area contributed by atoms with Gasteiger partial charge >= 0.3 is 0 Å². The molecule has 0 bridgehead atoms. The highest BCUT2D eigenvalue weighted by Gasteiger charge is 2.04. The SMILES string of the molecule is C=Cc1ccc(C(=O)NC(N)=S)cc1. The van der Waals surface area contributed by atoms with Crippen molar-refractivity contribution >= 4 is 29.3 Å². The quantitative estimate of drug-likeness (QED) is 0.717. The zero-order valence-electron chi connectivity index (χ0n) is 7.49. The number of nitrogens with one attached hydrogen (secondary N) is 1. The minimum atomic E-state index is -0.298. The van der Waals surface area contributed by atoms with Crippen molar-refractivity contribution in [3.63, 3.8) is 0 Å². The van der Waals surface area contributed by atoms with Crippen molar-refractivity contribution in [2.75, 3.05) is 0 Å². The van der Waals surface area contributed by atoms with E-state index in [4.69, 9.17) is 5.73 Å². The average Bonchev–Trinajstić information content (AvgIpc) is 2.17. The molecule has 1 rings (SSSR count). The third-order valence-electron chi connectivity index (χ3n) is 1.65. The molecule has 0 spiro atoms. The summed E-state index contributed by atoms with van der Waals surface area (Å²) in [6.07, 6.45) is 1.70. The van der Waals surface area contributed by atoms with Crippen LogP contribution in [-0.4, -0.2) is 11.0 Å². The predicted molar refractivity (Wildman–Crippen MR) is 60.8 cm³/mol. The number of nitrogens with two attached hydrogens (primary N) is 1. The van der Waals surface area contributed by atoms with Gasteiger partial charge in [0.15, 0.2) is 5.11 Å². The van der Waals surface area contributed by atoms with Crippen LogP contribution in [0.2, 0.25) is 0 Å². The Morgan fingerprint density at radius 1 is 1.43 bits per heavy atom. The van der Waals surface area contributed by atoms with Crippen molar-refractivity contribution < 1.29 is 4.79 Å². The van der Waals surface area contributed by atoms with Crippen molar-refractivity contribution in [2.45, 2.75) is 0 Å². The molecule has 0 aromatic heterocycles. The van der Waals surface area contributed by atoms with Gasteiger partial charge in [0.2, 0.25) is 0 Å². The highest BCUT2D eigenvalue weighted by molar-refractivity contribution is 7.80. The highest BCUT2D eigenvalue weighted by atomic mass is 32.1. The molecule has 0 aliphatic heterocycles. The molecule has 0 saturated carbocycles. The highest BCUT2D eigenvalue weighted by Crippen LogP contribution is 2.04. The van der Waals surface area contributed by atoms with Crippen molar-refractivity contribution in [1.29, 1.82) is 0 Å². The van der Waals surface area contributed by atoms with Crippen molar-refractivity contribution in [3.05, 3.63) is 42.0 Å². The fourth-order valence-corrected chi connectivity index (χ4v) is 1.05. The molecule has 0 heterocycles. The third-order valence-corrected chi connectivity index (χ3v) is 1.75. The minimum absolute atomic E-state index is 0.0252. The maximum Gasteiger partial charge on any atom is 0.257 e. The van der Waals surface area contributed by atoms with Gasteiger partial charge in [0.05, 0.1) is 0 Å². The fraction of sp³-hybridized carbons (Fsp3) is 0. The first-order chi connectivity index (χ1) is 6.63. The molecule has 1 aromatic rings. The number of rotatable bonds is 2. The van der Waals surface area contributed by atoms with E-state index in [1.54, 1.807) is 30.3 Å². The van der Waals surface area contributed by atoms with Crippen molar-refractivity contribution in [1.82, 2.24) is 5.32 Å². The molecule has 0 atom stereocenters. The summed E-state index contributed by atoms with van der Waals surface area (Å²) in [5, 5.41) is 2.32. The van der Waals surface area contributed by atoms with Crippen LogP contribution in [0, 0.1) is 0 Å². The molecule has 3 N–H and O–H groups in total. The zero-order valence-corrected chi connectivity index (χ0v) is 8.30. The molecule has 1 aromatic carbocycles. The topological polar surface area (TPSA) is 55.1 Å². The third kappa shape index (κ3) is 2.67. The van der Waals surface area contributed by atoms with Gasteiger partial charge in [-0.1, -0.05) is 24.8 Å². The van der Waals surface area contributed by atoms with Crippen LogP contribution >= 0.6 is 12.2 Å². The average molecular weight is 206 g/mol. The van der Waals surface area contributed by atoms with E-state index >= 15 is 0 Å². The first-order valence-corrected chi connectivity index (χ1v) is 4.37. The van der Waals surface area contributed by atoms with E-state index in [2.05, 4.69) is 24.1 Å². The van der Waals surface area contributed by atoms with E-state index in [0.29, 0.717) is 5.56 Å². The summed E-state index contributed by atoms with van der Waals surface area (Å²) in [6, 6.07) is 6.96. The van der Waals surface area contributed by atoms with Crippen LogP contribution in [0.1, 0.15) is 15.9 Å². The fourth-order valence-electron chi connectivity index (χ4n) is 0.955. The first-order valence-electron chi connectivity index (χ1n) is 3.97. The number of hydrogen-bond donors (Lipinski definition) is 2. The number of carbonyl (C=O) groups is 1. The standard InChI is InChI=1S/C10H10N2OS/c1-2-7-3-5-8(6-4-7)9(13)12-10(11)14/h2-6H,1H2,(H3,11,12,13,14). The summed E-state index contributed by atoms with van der Waals surface area (Å²) in [5.74, 6) is -0.298. The van der Waals surface area contributed by atoms with Gasteiger partial charge in [-0.15, -0.1) is 0 Å². The number of thiocarbonyl (C=S) groups is 1. The monoisotopic (exact) mass is 206 g/mol. The van der Waals surface area contributed by atoms with E-state index in [1.807, 2.05) is 0 Å². The second-order valence-corrected chi connectivity index (χ2v) is 3.08. The molecule has 1 amide bonds. The van der Waals surface area contributed by atoms with E-state index in [9.17, 15) is 4.79 Å². The van der Waals surface area contributed by atoms with Crippen LogP contribution in [0.3, 0.4) is 0 Å². The lowest BCUT2D eigenvalue weighted by Crippen LogP contribution is -2.34.